The van der Waals surface area contributed by atoms with Crippen molar-refractivity contribution in [2.45, 2.75) is 45.1 Å². The van der Waals surface area contributed by atoms with Crippen molar-refractivity contribution in [2.24, 2.45) is 5.92 Å². The minimum absolute atomic E-state index is 0.712. The van der Waals surface area contributed by atoms with Crippen LogP contribution in [0.1, 0.15) is 38.1 Å². The molecule has 0 amide bonds. The summed E-state index contributed by atoms with van der Waals surface area (Å²) in [6, 6.07) is 0. The van der Waals surface area contributed by atoms with Gasteiger partial charge in [0.05, 0.1) is 11.4 Å². The fourth-order valence-electron chi connectivity index (χ4n) is 1.77. The van der Waals surface area contributed by atoms with Crippen molar-refractivity contribution in [3.8, 4) is 0 Å². The highest BCUT2D eigenvalue weighted by Gasteiger charge is 2.06. The van der Waals surface area contributed by atoms with Crippen molar-refractivity contribution in [3.05, 3.63) is 17.6 Å². The number of hydrogen-bond donors (Lipinski definition) is 0. The van der Waals surface area contributed by atoms with E-state index in [2.05, 4.69) is 23.8 Å². The van der Waals surface area contributed by atoms with Crippen LogP contribution in [-0.4, -0.2) is 16.2 Å². The minimum Gasteiger partial charge on any atom is -0.254 e. The first-order valence-electron chi connectivity index (χ1n) is 5.53. The van der Waals surface area contributed by atoms with Gasteiger partial charge in [-0.15, -0.1) is 11.8 Å². The molecule has 0 fully saturated rings. The molecule has 1 atom stereocenters. The Morgan fingerprint density at radius 3 is 2.73 bits per heavy atom. The van der Waals surface area contributed by atoms with Gasteiger partial charge in [0.15, 0.2) is 0 Å². The van der Waals surface area contributed by atoms with Gasteiger partial charge in [-0.2, -0.15) is 0 Å². The van der Waals surface area contributed by atoms with Gasteiger partial charge in [0, 0.05) is 6.20 Å². The average molecular weight is 224 g/mol. The molecule has 0 aliphatic heterocycles. The van der Waals surface area contributed by atoms with Gasteiger partial charge >= 0.3 is 0 Å². The molecule has 1 aromatic rings. The van der Waals surface area contributed by atoms with Crippen molar-refractivity contribution in [1.29, 1.82) is 0 Å². The van der Waals surface area contributed by atoms with Gasteiger partial charge in [-0.25, -0.2) is 4.98 Å². The number of rotatable bonds is 5. The Labute approximate surface area is 96.9 Å². The van der Waals surface area contributed by atoms with Gasteiger partial charge in [0.25, 0.3) is 0 Å². The Hall–Kier alpha value is -0.570. The van der Waals surface area contributed by atoms with Gasteiger partial charge in [-0.05, 0) is 25.5 Å². The fraction of sp³-hybridized carbons (Fsp3) is 0.667. The average Bonchev–Trinajstić information content (AvgIpc) is 2.18. The monoisotopic (exact) mass is 224 g/mol. The standard InChI is InChI=1S/C12H20N2S/c1-5-6-9(2)7-11-8-13-12(15-4)10(3)14-11/h8-9H,5-7H2,1-4H3. The van der Waals surface area contributed by atoms with Crippen LogP contribution >= 0.6 is 11.8 Å². The maximum Gasteiger partial charge on any atom is 0.117 e. The third-order valence-corrected chi connectivity index (χ3v) is 3.27. The lowest BCUT2D eigenvalue weighted by Crippen LogP contribution is -2.03. The molecule has 0 saturated heterocycles. The van der Waals surface area contributed by atoms with Crippen LogP contribution in [0.4, 0.5) is 0 Å². The second-order valence-corrected chi connectivity index (χ2v) is 4.85. The van der Waals surface area contributed by atoms with Crippen LogP contribution in [0.3, 0.4) is 0 Å². The SMILES string of the molecule is CCCC(C)Cc1cnc(SC)c(C)n1. The summed E-state index contributed by atoms with van der Waals surface area (Å²) in [5.41, 5.74) is 2.19. The largest absolute Gasteiger partial charge is 0.254 e. The number of thioether (sulfide) groups is 1. The number of nitrogens with zero attached hydrogens (tertiary/aromatic N) is 2. The molecule has 84 valence electrons. The van der Waals surface area contributed by atoms with E-state index in [9.17, 15) is 0 Å². The molecular weight excluding hydrogens is 204 g/mol. The Balaban J connectivity index is 2.66. The minimum atomic E-state index is 0.712. The summed E-state index contributed by atoms with van der Waals surface area (Å²) in [7, 11) is 0. The fourth-order valence-corrected chi connectivity index (χ4v) is 2.27. The van der Waals surface area contributed by atoms with Crippen molar-refractivity contribution in [3.63, 3.8) is 0 Å². The zero-order valence-electron chi connectivity index (χ0n) is 10.1. The summed E-state index contributed by atoms with van der Waals surface area (Å²) in [5, 5.41) is 1.04. The molecule has 0 spiro atoms. The predicted molar refractivity (Wildman–Crippen MR) is 66.3 cm³/mol. The third kappa shape index (κ3) is 3.82. The van der Waals surface area contributed by atoms with Gasteiger partial charge < -0.3 is 0 Å². The molecule has 0 aliphatic carbocycles. The maximum absolute atomic E-state index is 4.58. The van der Waals surface area contributed by atoms with E-state index in [1.54, 1.807) is 11.8 Å². The summed E-state index contributed by atoms with van der Waals surface area (Å²) in [6.07, 6.45) is 7.53. The summed E-state index contributed by atoms with van der Waals surface area (Å²) in [6.45, 7) is 6.54. The normalized spacial score (nSPS) is 12.8. The van der Waals surface area contributed by atoms with Crippen LogP contribution in [0.2, 0.25) is 0 Å². The summed E-state index contributed by atoms with van der Waals surface area (Å²) in [4.78, 5) is 8.99. The molecule has 2 nitrogen and oxygen atoms in total. The lowest BCUT2D eigenvalue weighted by atomic mass is 10.0. The molecule has 15 heavy (non-hydrogen) atoms. The lowest BCUT2D eigenvalue weighted by Gasteiger charge is -2.10. The van der Waals surface area contributed by atoms with E-state index < -0.39 is 0 Å². The zero-order valence-corrected chi connectivity index (χ0v) is 10.9. The maximum atomic E-state index is 4.58. The molecule has 0 N–H and O–H groups in total. The van der Waals surface area contributed by atoms with Gasteiger partial charge in [0.2, 0.25) is 0 Å². The molecular formula is C12H20N2S. The van der Waals surface area contributed by atoms with E-state index in [0.29, 0.717) is 5.92 Å². The number of hydrogen-bond acceptors (Lipinski definition) is 3. The van der Waals surface area contributed by atoms with Crippen LogP contribution in [-0.2, 0) is 6.42 Å². The van der Waals surface area contributed by atoms with Crippen molar-refractivity contribution in [2.75, 3.05) is 6.26 Å². The number of aryl methyl sites for hydroxylation is 1. The lowest BCUT2D eigenvalue weighted by molar-refractivity contribution is 0.514. The van der Waals surface area contributed by atoms with Crippen LogP contribution in [0, 0.1) is 12.8 Å². The van der Waals surface area contributed by atoms with E-state index in [4.69, 9.17) is 0 Å². The van der Waals surface area contributed by atoms with Gasteiger partial charge in [-0.3, -0.25) is 4.98 Å². The second-order valence-electron chi connectivity index (χ2n) is 4.05. The van der Waals surface area contributed by atoms with E-state index in [0.717, 1.165) is 22.8 Å². The highest BCUT2D eigenvalue weighted by molar-refractivity contribution is 7.98. The van der Waals surface area contributed by atoms with Crippen LogP contribution < -0.4 is 0 Å². The summed E-state index contributed by atoms with van der Waals surface area (Å²) >= 11 is 1.66. The zero-order chi connectivity index (χ0) is 11.3. The topological polar surface area (TPSA) is 25.8 Å². The Kier molecular flexibility index (Phi) is 5.09. The first kappa shape index (κ1) is 12.5. The van der Waals surface area contributed by atoms with Crippen molar-refractivity contribution < 1.29 is 0 Å². The highest BCUT2D eigenvalue weighted by atomic mass is 32.2. The van der Waals surface area contributed by atoms with Gasteiger partial charge in [-0.1, -0.05) is 26.7 Å². The van der Waals surface area contributed by atoms with Gasteiger partial charge in [0.1, 0.15) is 5.03 Å². The molecule has 3 heteroatoms. The van der Waals surface area contributed by atoms with E-state index >= 15 is 0 Å². The van der Waals surface area contributed by atoms with Crippen LogP contribution in [0.25, 0.3) is 0 Å². The quantitative estimate of drug-likeness (QED) is 0.716. The van der Waals surface area contributed by atoms with Crippen LogP contribution in [0.5, 0.6) is 0 Å². The van der Waals surface area contributed by atoms with E-state index in [1.165, 1.54) is 12.8 Å². The van der Waals surface area contributed by atoms with Crippen molar-refractivity contribution >= 4 is 11.8 Å². The Bertz CT molecular complexity index is 312. The van der Waals surface area contributed by atoms with Crippen LogP contribution in [0.15, 0.2) is 11.2 Å². The molecule has 1 rings (SSSR count). The molecule has 0 aromatic carbocycles. The van der Waals surface area contributed by atoms with Crippen molar-refractivity contribution in [1.82, 2.24) is 9.97 Å². The highest BCUT2D eigenvalue weighted by Crippen LogP contribution is 2.17. The van der Waals surface area contributed by atoms with E-state index in [-0.39, 0.29) is 0 Å². The Morgan fingerprint density at radius 1 is 1.47 bits per heavy atom. The molecule has 1 unspecified atom stereocenters. The van der Waals surface area contributed by atoms with E-state index in [1.807, 2.05) is 19.4 Å². The molecule has 1 heterocycles. The second kappa shape index (κ2) is 6.11. The molecule has 0 aliphatic rings. The molecule has 0 radical (unpaired) electrons. The molecule has 0 bridgehead atoms. The third-order valence-electron chi connectivity index (χ3n) is 2.48. The first-order valence-corrected chi connectivity index (χ1v) is 6.76. The smallest absolute Gasteiger partial charge is 0.117 e. The first-order chi connectivity index (χ1) is 7.17. The number of aromatic nitrogens is 2. The summed E-state index contributed by atoms with van der Waals surface area (Å²) < 4.78 is 0. The molecule has 1 aromatic heterocycles. The molecule has 0 saturated carbocycles. The summed E-state index contributed by atoms with van der Waals surface area (Å²) in [5.74, 6) is 0.712. The predicted octanol–water partition coefficient (Wildman–Crippen LogP) is 3.49. The Morgan fingerprint density at radius 2 is 2.20 bits per heavy atom.